The molecule has 5 heteroatoms. The highest BCUT2D eigenvalue weighted by Crippen LogP contribution is 2.32. The van der Waals surface area contributed by atoms with Crippen molar-refractivity contribution < 1.29 is 19.4 Å². The summed E-state index contributed by atoms with van der Waals surface area (Å²) in [5, 5.41) is 9.03. The lowest BCUT2D eigenvalue weighted by Crippen LogP contribution is -2.42. The number of carboxylic acids is 1. The average molecular weight is 279 g/mol. The number of rotatable bonds is 4. The molecule has 2 rings (SSSR count). The van der Waals surface area contributed by atoms with Crippen LogP contribution in [0.25, 0.3) is 0 Å². The maximum atomic E-state index is 11.0. The van der Waals surface area contributed by atoms with E-state index in [9.17, 15) is 4.79 Å². The fourth-order valence-corrected chi connectivity index (χ4v) is 2.32. The van der Waals surface area contributed by atoms with Crippen LogP contribution in [0.3, 0.4) is 0 Å². The van der Waals surface area contributed by atoms with Gasteiger partial charge in [0, 0.05) is 19.3 Å². The maximum Gasteiger partial charge on any atom is 0.335 e. The van der Waals surface area contributed by atoms with Crippen LogP contribution >= 0.6 is 0 Å². The number of fused-ring (bicyclic) bond motifs is 1. The van der Waals surface area contributed by atoms with E-state index < -0.39 is 12.4 Å². The fraction of sp³-hybridized carbons (Fsp3) is 0.533. The largest absolute Gasteiger partial charge is 0.478 e. The zero-order chi connectivity index (χ0) is 14.9. The van der Waals surface area contributed by atoms with Gasteiger partial charge < -0.3 is 19.5 Å². The monoisotopic (exact) mass is 279 g/mol. The summed E-state index contributed by atoms with van der Waals surface area (Å²) in [5.74, 6) is -0.902. The van der Waals surface area contributed by atoms with Crippen molar-refractivity contribution in [1.82, 2.24) is 0 Å². The molecule has 1 aliphatic rings. The number of aromatic carboxylic acids is 1. The lowest BCUT2D eigenvalue weighted by atomic mass is 10.1. The van der Waals surface area contributed by atoms with Crippen LogP contribution in [0.2, 0.25) is 0 Å². The highest BCUT2D eigenvalue weighted by Gasteiger charge is 2.30. The Labute approximate surface area is 119 Å². The van der Waals surface area contributed by atoms with Crippen LogP contribution in [0.4, 0.5) is 5.69 Å². The minimum absolute atomic E-state index is 0.315. The molecule has 0 bridgehead atoms. The molecule has 1 heterocycles. The molecule has 1 N–H and O–H groups in total. The van der Waals surface area contributed by atoms with Crippen LogP contribution in [0.15, 0.2) is 18.2 Å². The number of anilines is 1. The van der Waals surface area contributed by atoms with Crippen LogP contribution in [0, 0.1) is 0 Å². The molecular formula is C15H21NO4. The van der Waals surface area contributed by atoms with Crippen LogP contribution < -0.4 is 4.90 Å². The van der Waals surface area contributed by atoms with E-state index in [0.717, 1.165) is 24.2 Å². The number of ether oxygens (including phenoxy) is 2. The zero-order valence-corrected chi connectivity index (χ0v) is 12.3. The number of hydrogen-bond donors (Lipinski definition) is 1. The number of carbonyl (C=O) groups is 1. The maximum absolute atomic E-state index is 11.0. The third-order valence-corrected chi connectivity index (χ3v) is 3.17. The van der Waals surface area contributed by atoms with Gasteiger partial charge in [0.25, 0.3) is 0 Å². The molecule has 0 fully saturated rings. The van der Waals surface area contributed by atoms with Crippen molar-refractivity contribution in [3.05, 3.63) is 29.3 Å². The van der Waals surface area contributed by atoms with Crippen molar-refractivity contribution in [2.45, 2.75) is 39.2 Å². The molecule has 0 radical (unpaired) electrons. The Kier molecular flexibility index (Phi) is 4.01. The van der Waals surface area contributed by atoms with E-state index in [1.54, 1.807) is 19.2 Å². The van der Waals surface area contributed by atoms with Crippen molar-refractivity contribution in [3.8, 4) is 0 Å². The second kappa shape index (κ2) is 5.42. The summed E-state index contributed by atoms with van der Waals surface area (Å²) in [6.45, 7) is 6.68. The number of methoxy groups -OCH3 is 1. The molecule has 0 amide bonds. The molecule has 0 spiro atoms. The van der Waals surface area contributed by atoms with Gasteiger partial charge in [-0.2, -0.15) is 0 Å². The van der Waals surface area contributed by atoms with E-state index in [4.69, 9.17) is 14.6 Å². The highest BCUT2D eigenvalue weighted by molar-refractivity contribution is 5.88. The summed E-state index contributed by atoms with van der Waals surface area (Å²) < 4.78 is 11.3. The summed E-state index contributed by atoms with van der Waals surface area (Å²) >= 11 is 0. The van der Waals surface area contributed by atoms with Gasteiger partial charge in [-0.05, 0) is 51.0 Å². The molecule has 1 aromatic rings. The van der Waals surface area contributed by atoms with Gasteiger partial charge in [-0.1, -0.05) is 0 Å². The zero-order valence-electron chi connectivity index (χ0n) is 12.3. The molecular weight excluding hydrogens is 258 g/mol. The number of benzene rings is 1. The SMILES string of the molecule is COC(OC(C)(C)C)N1CCc2cc(C(=O)O)ccc21. The molecule has 110 valence electrons. The molecule has 20 heavy (non-hydrogen) atoms. The number of hydrogen-bond acceptors (Lipinski definition) is 4. The minimum Gasteiger partial charge on any atom is -0.478 e. The van der Waals surface area contributed by atoms with Crippen LogP contribution in [-0.2, 0) is 15.9 Å². The Bertz CT molecular complexity index is 507. The first-order valence-electron chi connectivity index (χ1n) is 6.65. The van der Waals surface area contributed by atoms with Gasteiger partial charge in [-0.25, -0.2) is 4.79 Å². The van der Waals surface area contributed by atoms with Gasteiger partial charge in [-0.15, -0.1) is 0 Å². The van der Waals surface area contributed by atoms with Gasteiger partial charge in [0.2, 0.25) is 6.41 Å². The molecule has 5 nitrogen and oxygen atoms in total. The van der Waals surface area contributed by atoms with E-state index in [1.165, 1.54) is 0 Å². The summed E-state index contributed by atoms with van der Waals surface area (Å²) in [6.07, 6.45) is 0.330. The van der Waals surface area contributed by atoms with Crippen molar-refractivity contribution in [2.75, 3.05) is 18.6 Å². The van der Waals surface area contributed by atoms with E-state index >= 15 is 0 Å². The van der Waals surface area contributed by atoms with Gasteiger partial charge in [0.15, 0.2) is 0 Å². The normalized spacial score (nSPS) is 16.1. The van der Waals surface area contributed by atoms with E-state index in [2.05, 4.69) is 0 Å². The van der Waals surface area contributed by atoms with E-state index in [0.29, 0.717) is 5.56 Å². The van der Waals surface area contributed by atoms with Crippen LogP contribution in [0.5, 0.6) is 0 Å². The summed E-state index contributed by atoms with van der Waals surface area (Å²) in [7, 11) is 1.61. The predicted molar refractivity (Wildman–Crippen MR) is 76.1 cm³/mol. The van der Waals surface area contributed by atoms with Crippen LogP contribution in [0.1, 0.15) is 36.7 Å². The molecule has 0 aromatic heterocycles. The number of nitrogens with zero attached hydrogens (tertiary/aromatic N) is 1. The third kappa shape index (κ3) is 3.11. The molecule has 1 aliphatic heterocycles. The Morgan fingerprint density at radius 1 is 1.40 bits per heavy atom. The number of carboxylic acid groups (broad SMARTS) is 1. The highest BCUT2D eigenvalue weighted by atomic mass is 16.7. The molecule has 0 saturated heterocycles. The lowest BCUT2D eigenvalue weighted by molar-refractivity contribution is -0.180. The molecule has 1 aromatic carbocycles. The first-order valence-corrected chi connectivity index (χ1v) is 6.65. The summed E-state index contributed by atoms with van der Waals surface area (Å²) in [4.78, 5) is 13.0. The fourth-order valence-electron chi connectivity index (χ4n) is 2.32. The average Bonchev–Trinajstić information content (AvgIpc) is 2.77. The minimum atomic E-state index is -0.902. The molecule has 1 atom stereocenters. The van der Waals surface area contributed by atoms with Gasteiger partial charge >= 0.3 is 5.97 Å². The van der Waals surface area contributed by atoms with Crippen molar-refractivity contribution in [1.29, 1.82) is 0 Å². The van der Waals surface area contributed by atoms with Crippen LogP contribution in [-0.4, -0.2) is 36.7 Å². The van der Waals surface area contributed by atoms with Crippen molar-refractivity contribution in [3.63, 3.8) is 0 Å². The predicted octanol–water partition coefficient (Wildman–Crippen LogP) is 2.49. The second-order valence-electron chi connectivity index (χ2n) is 5.87. The summed E-state index contributed by atoms with van der Waals surface area (Å²) in [6, 6.07) is 5.16. The molecule has 0 aliphatic carbocycles. The Balaban J connectivity index is 2.24. The standard InChI is InChI=1S/C15H21NO4/c1-15(2,3)20-14(19-4)16-8-7-10-9-11(13(17)18)5-6-12(10)16/h5-6,9,14H,7-8H2,1-4H3,(H,17,18). The second-order valence-corrected chi connectivity index (χ2v) is 5.87. The smallest absolute Gasteiger partial charge is 0.335 e. The van der Waals surface area contributed by atoms with Crippen molar-refractivity contribution >= 4 is 11.7 Å². The third-order valence-electron chi connectivity index (χ3n) is 3.17. The summed E-state index contributed by atoms with van der Waals surface area (Å²) in [5.41, 5.74) is 2.00. The quantitative estimate of drug-likeness (QED) is 0.858. The van der Waals surface area contributed by atoms with E-state index in [1.807, 2.05) is 31.7 Å². The lowest BCUT2D eigenvalue weighted by Gasteiger charge is -2.33. The van der Waals surface area contributed by atoms with Gasteiger partial charge in [-0.3, -0.25) is 0 Å². The topological polar surface area (TPSA) is 59.0 Å². The first-order chi connectivity index (χ1) is 9.31. The Hall–Kier alpha value is -1.59. The molecule has 1 unspecified atom stereocenters. The van der Waals surface area contributed by atoms with Gasteiger partial charge in [0.05, 0.1) is 11.2 Å². The van der Waals surface area contributed by atoms with E-state index in [-0.39, 0.29) is 5.60 Å². The first kappa shape index (κ1) is 14.8. The molecule has 0 saturated carbocycles. The Morgan fingerprint density at radius 3 is 2.65 bits per heavy atom. The van der Waals surface area contributed by atoms with Gasteiger partial charge in [0.1, 0.15) is 0 Å². The Morgan fingerprint density at radius 2 is 2.10 bits per heavy atom. The van der Waals surface area contributed by atoms with Crippen molar-refractivity contribution in [2.24, 2.45) is 0 Å².